The third-order valence-electron chi connectivity index (χ3n) is 7.74. The Labute approximate surface area is 241 Å². The molecule has 1 saturated heterocycles. The number of nitrogens with one attached hydrogen (secondary N) is 1. The molecule has 2 N–H and O–H groups in total. The molecule has 2 aliphatic rings. The van der Waals surface area contributed by atoms with E-state index in [9.17, 15) is 9.82 Å². The fourth-order valence-corrected chi connectivity index (χ4v) is 5.85. The standard InChI is InChI=1S/C30H29BClFN4O4/c1-16-11-21(29-22(12-16)28(38)17(2)30(40-29)37-9-5-4-6-10-37)18(3)35-24-7-8-25(32)36-27(24)19-13-20-15-34-41-31(39)26(20)23(33)14-19/h7-8,11-15,18,35,39H,4-6,9-10H2,1-3H3/t18-/m1/s1. The van der Waals surface area contributed by atoms with Crippen LogP contribution < -0.4 is 21.1 Å². The van der Waals surface area contributed by atoms with Gasteiger partial charge in [-0.05, 0) is 75.9 Å². The molecular formula is C30H29BClFN4O4. The fraction of sp³-hybridized carbons (Fsp3) is 0.300. The summed E-state index contributed by atoms with van der Waals surface area (Å²) < 4.78 is 26.4. The van der Waals surface area contributed by atoms with Gasteiger partial charge in [-0.15, -0.1) is 5.16 Å². The highest BCUT2D eigenvalue weighted by atomic mass is 35.5. The topological polar surface area (TPSA) is 100 Å². The Morgan fingerprint density at radius 1 is 1.15 bits per heavy atom. The van der Waals surface area contributed by atoms with E-state index in [4.69, 9.17) is 20.8 Å². The molecule has 0 aliphatic carbocycles. The van der Waals surface area contributed by atoms with Crippen LogP contribution in [0, 0.1) is 19.7 Å². The highest BCUT2D eigenvalue weighted by molar-refractivity contribution is 6.62. The minimum Gasteiger partial charge on any atom is -0.440 e. The number of hydrogen-bond acceptors (Lipinski definition) is 8. The number of halogens is 2. The van der Waals surface area contributed by atoms with Gasteiger partial charge in [-0.1, -0.05) is 17.7 Å². The van der Waals surface area contributed by atoms with Gasteiger partial charge in [0.15, 0.2) is 5.43 Å². The number of benzene rings is 2. The molecule has 0 radical (unpaired) electrons. The molecule has 6 rings (SSSR count). The molecule has 2 aromatic heterocycles. The van der Waals surface area contributed by atoms with Crippen molar-refractivity contribution in [1.82, 2.24) is 4.98 Å². The lowest BCUT2D eigenvalue weighted by atomic mass is 9.75. The quantitative estimate of drug-likeness (QED) is 0.241. The summed E-state index contributed by atoms with van der Waals surface area (Å²) in [5, 5.41) is 18.0. The largest absolute Gasteiger partial charge is 0.586 e. The van der Waals surface area contributed by atoms with Gasteiger partial charge in [-0.25, -0.2) is 9.37 Å². The van der Waals surface area contributed by atoms with Crippen LogP contribution in [0.1, 0.15) is 54.5 Å². The molecule has 0 saturated carbocycles. The number of rotatable bonds is 5. The van der Waals surface area contributed by atoms with Gasteiger partial charge in [0.25, 0.3) is 0 Å². The summed E-state index contributed by atoms with van der Waals surface area (Å²) in [6, 6.07) is 9.96. The van der Waals surface area contributed by atoms with Crippen LogP contribution in [-0.2, 0) is 4.76 Å². The van der Waals surface area contributed by atoms with E-state index in [1.807, 2.05) is 32.9 Å². The number of aromatic nitrogens is 1. The molecule has 2 aliphatic heterocycles. The van der Waals surface area contributed by atoms with Gasteiger partial charge < -0.3 is 24.4 Å². The molecule has 8 nitrogen and oxygen atoms in total. The number of pyridine rings is 1. The lowest BCUT2D eigenvalue weighted by Crippen LogP contribution is -2.40. The van der Waals surface area contributed by atoms with Crippen molar-refractivity contribution in [3.05, 3.63) is 79.8 Å². The van der Waals surface area contributed by atoms with Gasteiger partial charge in [0, 0.05) is 35.2 Å². The Kier molecular flexibility index (Phi) is 7.21. The van der Waals surface area contributed by atoms with Crippen LogP contribution in [0.5, 0.6) is 0 Å². The normalized spacial score (nSPS) is 15.6. The molecule has 0 amide bonds. The second kappa shape index (κ2) is 10.8. The summed E-state index contributed by atoms with van der Waals surface area (Å²) in [4.78, 5) is 20.2. The molecule has 2 aromatic carbocycles. The summed E-state index contributed by atoms with van der Waals surface area (Å²) in [6.45, 7) is 7.47. The van der Waals surface area contributed by atoms with Crippen LogP contribution >= 0.6 is 11.6 Å². The first-order chi connectivity index (χ1) is 19.7. The van der Waals surface area contributed by atoms with E-state index in [1.54, 1.807) is 18.2 Å². The minimum absolute atomic E-state index is 0.00900. The van der Waals surface area contributed by atoms with E-state index >= 15 is 4.39 Å². The second-order valence-corrected chi connectivity index (χ2v) is 11.1. The van der Waals surface area contributed by atoms with Crippen molar-refractivity contribution >= 4 is 52.9 Å². The van der Waals surface area contributed by atoms with Crippen molar-refractivity contribution in [3.8, 4) is 11.3 Å². The molecule has 0 bridgehead atoms. The van der Waals surface area contributed by atoms with Crippen molar-refractivity contribution in [2.24, 2.45) is 5.16 Å². The molecular weight excluding hydrogens is 546 g/mol. The van der Waals surface area contributed by atoms with E-state index in [2.05, 4.69) is 20.4 Å². The van der Waals surface area contributed by atoms with Gasteiger partial charge in [0.2, 0.25) is 5.88 Å². The lowest BCUT2D eigenvalue weighted by Gasteiger charge is -2.29. The Morgan fingerprint density at radius 3 is 2.71 bits per heavy atom. The Morgan fingerprint density at radius 2 is 1.93 bits per heavy atom. The predicted octanol–water partition coefficient (Wildman–Crippen LogP) is 5.48. The molecule has 4 heterocycles. The number of oxime groups is 1. The number of hydrogen-bond donors (Lipinski definition) is 2. The van der Waals surface area contributed by atoms with Crippen LogP contribution in [0.15, 0.2) is 50.8 Å². The Balaban J connectivity index is 1.43. The van der Waals surface area contributed by atoms with Gasteiger partial charge in [-0.3, -0.25) is 4.79 Å². The smallest absolute Gasteiger partial charge is 0.440 e. The van der Waals surface area contributed by atoms with Crippen LogP contribution in [0.4, 0.5) is 16.0 Å². The molecule has 41 heavy (non-hydrogen) atoms. The highest BCUT2D eigenvalue weighted by Crippen LogP contribution is 2.35. The van der Waals surface area contributed by atoms with Crippen molar-refractivity contribution in [3.63, 3.8) is 0 Å². The van der Waals surface area contributed by atoms with E-state index < -0.39 is 12.9 Å². The summed E-state index contributed by atoms with van der Waals surface area (Å²) in [6.07, 6.45) is 4.64. The first kappa shape index (κ1) is 27.3. The monoisotopic (exact) mass is 574 g/mol. The first-order valence-corrected chi connectivity index (χ1v) is 14.1. The van der Waals surface area contributed by atoms with Crippen molar-refractivity contribution in [2.75, 3.05) is 23.3 Å². The number of piperidine rings is 1. The third kappa shape index (κ3) is 5.06. The first-order valence-electron chi connectivity index (χ1n) is 13.7. The summed E-state index contributed by atoms with van der Waals surface area (Å²) >= 11 is 6.28. The molecule has 11 heteroatoms. The highest BCUT2D eigenvalue weighted by Gasteiger charge is 2.30. The Hall–Kier alpha value is -3.89. The average Bonchev–Trinajstić information content (AvgIpc) is 2.96. The molecule has 0 unspecified atom stereocenters. The van der Waals surface area contributed by atoms with Gasteiger partial charge in [-0.2, -0.15) is 0 Å². The number of anilines is 2. The number of nitrogens with zero attached hydrogens (tertiary/aromatic N) is 3. The van der Waals surface area contributed by atoms with Gasteiger partial charge >= 0.3 is 7.12 Å². The fourth-order valence-electron chi connectivity index (χ4n) is 5.70. The maximum absolute atomic E-state index is 15.1. The van der Waals surface area contributed by atoms with Crippen molar-refractivity contribution in [2.45, 2.75) is 46.1 Å². The van der Waals surface area contributed by atoms with Crippen LogP contribution in [0.2, 0.25) is 5.15 Å². The molecule has 1 fully saturated rings. The molecule has 0 spiro atoms. The summed E-state index contributed by atoms with van der Waals surface area (Å²) in [5.41, 5.74) is 4.74. The minimum atomic E-state index is -1.49. The molecule has 4 aromatic rings. The van der Waals surface area contributed by atoms with Crippen LogP contribution in [-0.4, -0.2) is 36.4 Å². The maximum atomic E-state index is 15.1. The zero-order valence-electron chi connectivity index (χ0n) is 23.0. The SMILES string of the molecule is Cc1cc([C@@H](C)Nc2ccc(Cl)nc2-c2cc(F)c3c(c2)C=NOB3O)c2oc(N3CCCCC3)c(C)c(=O)c2c1. The van der Waals surface area contributed by atoms with Crippen LogP contribution in [0.25, 0.3) is 22.2 Å². The second-order valence-electron chi connectivity index (χ2n) is 10.7. The van der Waals surface area contributed by atoms with Gasteiger partial charge in [0.05, 0.1) is 34.6 Å². The zero-order valence-corrected chi connectivity index (χ0v) is 23.8. The van der Waals surface area contributed by atoms with E-state index in [0.717, 1.165) is 37.1 Å². The summed E-state index contributed by atoms with van der Waals surface area (Å²) in [7, 11) is -1.49. The van der Waals surface area contributed by atoms with Crippen LogP contribution in [0.3, 0.4) is 0 Å². The third-order valence-corrected chi connectivity index (χ3v) is 7.95. The maximum Gasteiger partial charge on any atom is 0.586 e. The summed E-state index contributed by atoms with van der Waals surface area (Å²) in [5.74, 6) is -0.0188. The average molecular weight is 575 g/mol. The van der Waals surface area contributed by atoms with Gasteiger partial charge in [0.1, 0.15) is 16.6 Å². The van der Waals surface area contributed by atoms with E-state index in [-0.39, 0.29) is 22.1 Å². The number of fused-ring (bicyclic) bond motifs is 2. The van der Waals surface area contributed by atoms with Crippen molar-refractivity contribution in [1.29, 1.82) is 0 Å². The predicted molar refractivity (Wildman–Crippen MR) is 161 cm³/mol. The molecule has 210 valence electrons. The van der Waals surface area contributed by atoms with E-state index in [1.165, 1.54) is 18.7 Å². The van der Waals surface area contributed by atoms with E-state index in [0.29, 0.717) is 44.9 Å². The Bertz CT molecular complexity index is 1760. The zero-order chi connectivity index (χ0) is 28.8. The lowest BCUT2D eigenvalue weighted by molar-refractivity contribution is 0.285. The molecule has 1 atom stereocenters. The van der Waals surface area contributed by atoms with Crippen molar-refractivity contribution < 1.29 is 18.6 Å². The number of aryl methyl sites for hydroxylation is 1.